The Morgan fingerprint density at radius 3 is 1.57 bits per heavy atom. The predicted octanol–water partition coefficient (Wildman–Crippen LogP) is 1.89. The second-order valence-electron chi connectivity index (χ2n) is 1.56. The fourth-order valence-corrected chi connectivity index (χ4v) is 0. The van der Waals surface area contributed by atoms with Gasteiger partial charge in [0, 0.05) is 0 Å². The molecule has 0 unspecified atom stereocenters. The van der Waals surface area contributed by atoms with Crippen LogP contribution in [0.3, 0.4) is 0 Å². The Morgan fingerprint density at radius 2 is 1.57 bits per heavy atom. The monoisotopic (exact) mass is 135 g/mol. The molecule has 0 saturated heterocycles. The van der Waals surface area contributed by atoms with Crippen molar-refractivity contribution < 1.29 is 23.7 Å². The van der Waals surface area contributed by atoms with Crippen molar-refractivity contribution >= 4 is 0 Å². The third-order valence-electron chi connectivity index (χ3n) is 0.707. The van der Waals surface area contributed by atoms with Crippen LogP contribution < -0.4 is 0 Å². The van der Waals surface area contributed by atoms with Crippen LogP contribution in [0.25, 0.3) is 0 Å². The number of rotatable bonds is 1. The molecule has 0 aromatic carbocycles. The van der Waals surface area contributed by atoms with Crippen molar-refractivity contribution in [3.63, 3.8) is 0 Å². The van der Waals surface area contributed by atoms with Gasteiger partial charge in [0.25, 0.3) is 0 Å². The summed E-state index contributed by atoms with van der Waals surface area (Å²) in [6.07, 6.45) is 1.22. The van der Waals surface area contributed by atoms with Crippen molar-refractivity contribution in [1.82, 2.24) is 0 Å². The van der Waals surface area contributed by atoms with E-state index in [0.29, 0.717) is 0 Å². The third-order valence-corrected chi connectivity index (χ3v) is 0.707. The second-order valence-corrected chi connectivity index (χ2v) is 1.56. The van der Waals surface area contributed by atoms with E-state index in [1.54, 1.807) is 0 Å². The van der Waals surface area contributed by atoms with Crippen LogP contribution in [-0.4, -0.2) is 0 Å². The van der Waals surface area contributed by atoms with Crippen molar-refractivity contribution in [3.05, 3.63) is 5.92 Å². The minimum atomic E-state index is 0.750. The Morgan fingerprint density at radius 1 is 1.43 bits per heavy atom. The van der Waals surface area contributed by atoms with Gasteiger partial charge in [-0.2, -0.15) is 20.3 Å². The van der Waals surface area contributed by atoms with Gasteiger partial charge in [-0.3, -0.25) is 0 Å². The Balaban J connectivity index is 0. The zero-order valence-electron chi connectivity index (χ0n) is 5.12. The SMILES string of the molecule is CC[C-](C)C.[O]=[Ti+]. The first-order chi connectivity index (χ1) is 3.27. The zero-order valence-corrected chi connectivity index (χ0v) is 6.68. The Labute approximate surface area is 57.2 Å². The van der Waals surface area contributed by atoms with Gasteiger partial charge in [-0.25, -0.2) is 0 Å². The maximum atomic E-state index is 8.25. The second kappa shape index (κ2) is 9.72. The van der Waals surface area contributed by atoms with E-state index >= 15 is 0 Å². The topological polar surface area (TPSA) is 17.1 Å². The average molecular weight is 135 g/mol. The van der Waals surface area contributed by atoms with Crippen LogP contribution in [0.5, 0.6) is 0 Å². The molecule has 0 saturated carbocycles. The van der Waals surface area contributed by atoms with Gasteiger partial charge in [-0.05, 0) is 0 Å². The van der Waals surface area contributed by atoms with Gasteiger partial charge in [0.1, 0.15) is 0 Å². The van der Waals surface area contributed by atoms with Crippen molar-refractivity contribution in [2.45, 2.75) is 27.2 Å². The summed E-state index contributed by atoms with van der Waals surface area (Å²) in [7, 11) is 0. The summed E-state index contributed by atoms with van der Waals surface area (Å²) >= 11 is 0.750. The predicted molar refractivity (Wildman–Crippen MR) is 25.6 cm³/mol. The van der Waals surface area contributed by atoms with Crippen LogP contribution in [0.2, 0.25) is 0 Å². The van der Waals surface area contributed by atoms with E-state index in [-0.39, 0.29) is 0 Å². The summed E-state index contributed by atoms with van der Waals surface area (Å²) in [6, 6.07) is 0. The molecule has 0 amide bonds. The van der Waals surface area contributed by atoms with E-state index in [0.717, 1.165) is 20.4 Å². The first-order valence-electron chi connectivity index (χ1n) is 2.26. The summed E-state index contributed by atoms with van der Waals surface area (Å²) in [5.74, 6) is 1.50. The van der Waals surface area contributed by atoms with Crippen LogP contribution in [0.15, 0.2) is 0 Å². The van der Waals surface area contributed by atoms with Gasteiger partial charge < -0.3 is 5.92 Å². The molecule has 0 aliphatic heterocycles. The molecule has 0 aromatic rings. The number of hydrogen-bond donors (Lipinski definition) is 0. The molecule has 0 rings (SSSR count). The van der Waals surface area contributed by atoms with Crippen molar-refractivity contribution in [2.75, 3.05) is 0 Å². The standard InChI is InChI=1S/C5H11.O.Ti/c1-4-5(2)3;;/h4H2,1-3H3;;/q-1;;+1. The van der Waals surface area contributed by atoms with E-state index in [9.17, 15) is 0 Å². The molecule has 0 aromatic heterocycles. The molecule has 7 heavy (non-hydrogen) atoms. The first-order valence-corrected chi connectivity index (χ1v) is 2.90. The molecule has 0 heterocycles. The Bertz CT molecular complexity index is 29.3. The summed E-state index contributed by atoms with van der Waals surface area (Å²) in [4.78, 5) is 0. The van der Waals surface area contributed by atoms with Crippen molar-refractivity contribution in [1.29, 1.82) is 0 Å². The van der Waals surface area contributed by atoms with Crippen LogP contribution in [0.4, 0.5) is 0 Å². The van der Waals surface area contributed by atoms with E-state index in [1.165, 1.54) is 12.3 Å². The summed E-state index contributed by atoms with van der Waals surface area (Å²) in [5, 5.41) is 0. The first kappa shape index (κ1) is 10.5. The van der Waals surface area contributed by atoms with E-state index in [2.05, 4.69) is 20.8 Å². The molecular weight excluding hydrogens is 124 g/mol. The molecule has 0 radical (unpaired) electrons. The molecule has 0 bridgehead atoms. The van der Waals surface area contributed by atoms with Crippen molar-refractivity contribution in [3.8, 4) is 0 Å². The summed E-state index contributed by atoms with van der Waals surface area (Å²) < 4.78 is 8.25. The molecule has 0 aliphatic carbocycles. The summed E-state index contributed by atoms with van der Waals surface area (Å²) in [5.41, 5.74) is 0. The van der Waals surface area contributed by atoms with Gasteiger partial charge in [-0.1, -0.05) is 6.92 Å². The van der Waals surface area contributed by atoms with Gasteiger partial charge in [0.15, 0.2) is 0 Å². The molecule has 0 atom stereocenters. The Kier molecular flexibility index (Phi) is 14.6. The zero-order chi connectivity index (χ0) is 6.28. The van der Waals surface area contributed by atoms with Crippen LogP contribution >= 0.6 is 0 Å². The van der Waals surface area contributed by atoms with Gasteiger partial charge >= 0.3 is 23.7 Å². The fourth-order valence-electron chi connectivity index (χ4n) is 0. The molecular formula is C5H11OTi. The van der Waals surface area contributed by atoms with E-state index in [1.807, 2.05) is 0 Å². The van der Waals surface area contributed by atoms with E-state index < -0.39 is 0 Å². The molecule has 2 heteroatoms. The molecule has 0 aliphatic rings. The fraction of sp³-hybridized carbons (Fsp3) is 0.800. The van der Waals surface area contributed by atoms with Crippen LogP contribution in [-0.2, 0) is 23.7 Å². The van der Waals surface area contributed by atoms with Gasteiger partial charge in [0.2, 0.25) is 0 Å². The van der Waals surface area contributed by atoms with Gasteiger partial charge in [-0.15, -0.1) is 0 Å². The molecule has 0 N–H and O–H groups in total. The van der Waals surface area contributed by atoms with E-state index in [4.69, 9.17) is 3.32 Å². The number of hydrogen-bond acceptors (Lipinski definition) is 1. The minimum absolute atomic E-state index is 0.750. The summed E-state index contributed by atoms with van der Waals surface area (Å²) in [6.45, 7) is 6.44. The van der Waals surface area contributed by atoms with Crippen LogP contribution in [0, 0.1) is 5.92 Å². The molecule has 1 nitrogen and oxygen atoms in total. The normalized spacial score (nSPS) is 7.71. The molecule has 0 spiro atoms. The average Bonchev–Trinajstić information content (AvgIpc) is 1.73. The van der Waals surface area contributed by atoms with Gasteiger partial charge in [0.05, 0.1) is 0 Å². The molecule has 41 valence electrons. The van der Waals surface area contributed by atoms with Crippen molar-refractivity contribution in [2.24, 2.45) is 0 Å². The quantitative estimate of drug-likeness (QED) is 0.396. The Hall–Kier alpha value is 0.514. The third kappa shape index (κ3) is 21.0. The van der Waals surface area contributed by atoms with Crippen LogP contribution in [0.1, 0.15) is 27.2 Å². The molecule has 0 fully saturated rings. The maximum absolute atomic E-state index is 8.25.